The normalized spacial score (nSPS) is 19.1. The van der Waals surface area contributed by atoms with Gasteiger partial charge in [0.1, 0.15) is 6.17 Å². The quantitative estimate of drug-likeness (QED) is 0.861. The van der Waals surface area contributed by atoms with E-state index in [9.17, 15) is 4.39 Å². The number of anilines is 1. The molecular formula is C15H17FN4. The van der Waals surface area contributed by atoms with Gasteiger partial charge in [0.2, 0.25) is 5.95 Å². The van der Waals surface area contributed by atoms with Gasteiger partial charge in [-0.15, -0.1) is 0 Å². The van der Waals surface area contributed by atoms with Gasteiger partial charge in [-0.1, -0.05) is 36.4 Å². The minimum atomic E-state index is -0.755. The second-order valence-corrected chi connectivity index (χ2v) is 4.97. The van der Waals surface area contributed by atoms with Crippen molar-refractivity contribution in [3.8, 4) is 0 Å². The van der Waals surface area contributed by atoms with Crippen molar-refractivity contribution in [2.45, 2.75) is 12.6 Å². The standard InChI is InChI=1S/C15H17FN4/c1-19-15(20-10-9-13(16)11-20)17-14(18-19)8-7-12-5-3-2-4-6-12/h2-8,13H,9-11H2,1H3. The van der Waals surface area contributed by atoms with Gasteiger partial charge in [-0.2, -0.15) is 10.1 Å². The van der Waals surface area contributed by atoms with Crippen LogP contribution in [0.5, 0.6) is 0 Å². The molecule has 1 aromatic carbocycles. The Hall–Kier alpha value is -2.17. The Morgan fingerprint density at radius 1 is 1.25 bits per heavy atom. The number of aromatic nitrogens is 3. The molecule has 1 aromatic heterocycles. The van der Waals surface area contributed by atoms with Crippen LogP contribution in [0.1, 0.15) is 17.8 Å². The van der Waals surface area contributed by atoms with E-state index in [1.807, 2.05) is 54.4 Å². The van der Waals surface area contributed by atoms with E-state index in [1.54, 1.807) is 4.68 Å². The van der Waals surface area contributed by atoms with Crippen molar-refractivity contribution < 1.29 is 4.39 Å². The molecule has 1 aliphatic rings. The molecule has 2 aromatic rings. The predicted molar refractivity (Wildman–Crippen MR) is 78.1 cm³/mol. The Kier molecular flexibility index (Phi) is 3.50. The third-order valence-electron chi connectivity index (χ3n) is 3.39. The highest BCUT2D eigenvalue weighted by molar-refractivity contribution is 5.66. The Morgan fingerprint density at radius 2 is 2.05 bits per heavy atom. The highest BCUT2D eigenvalue weighted by Gasteiger charge is 2.25. The van der Waals surface area contributed by atoms with Crippen molar-refractivity contribution in [3.05, 3.63) is 41.7 Å². The van der Waals surface area contributed by atoms with Gasteiger partial charge in [0.15, 0.2) is 5.82 Å². The van der Waals surface area contributed by atoms with Crippen molar-refractivity contribution in [1.29, 1.82) is 0 Å². The van der Waals surface area contributed by atoms with E-state index in [4.69, 9.17) is 0 Å². The minimum Gasteiger partial charge on any atom is -0.338 e. The van der Waals surface area contributed by atoms with E-state index in [1.165, 1.54) is 0 Å². The van der Waals surface area contributed by atoms with Crippen molar-refractivity contribution >= 4 is 18.1 Å². The van der Waals surface area contributed by atoms with Gasteiger partial charge >= 0.3 is 0 Å². The van der Waals surface area contributed by atoms with Gasteiger partial charge in [-0.25, -0.2) is 9.07 Å². The zero-order chi connectivity index (χ0) is 13.9. The zero-order valence-electron chi connectivity index (χ0n) is 11.4. The Labute approximate surface area is 117 Å². The van der Waals surface area contributed by atoms with Crippen molar-refractivity contribution in [3.63, 3.8) is 0 Å². The molecule has 0 amide bonds. The second kappa shape index (κ2) is 5.45. The van der Waals surface area contributed by atoms with Gasteiger partial charge in [-0.05, 0) is 18.1 Å². The minimum absolute atomic E-state index is 0.411. The summed E-state index contributed by atoms with van der Waals surface area (Å²) < 4.78 is 15.0. The number of nitrogens with zero attached hydrogens (tertiary/aromatic N) is 4. The number of rotatable bonds is 3. The fourth-order valence-electron chi connectivity index (χ4n) is 2.38. The lowest BCUT2D eigenvalue weighted by atomic mass is 10.2. The third-order valence-corrected chi connectivity index (χ3v) is 3.39. The average Bonchev–Trinajstić information content (AvgIpc) is 3.04. The Balaban J connectivity index is 1.77. The summed E-state index contributed by atoms with van der Waals surface area (Å²) >= 11 is 0. The first-order valence-electron chi connectivity index (χ1n) is 6.75. The molecule has 5 heteroatoms. The lowest BCUT2D eigenvalue weighted by Crippen LogP contribution is -2.23. The van der Waals surface area contributed by atoms with E-state index >= 15 is 0 Å². The summed E-state index contributed by atoms with van der Waals surface area (Å²) in [5.41, 5.74) is 1.10. The van der Waals surface area contributed by atoms with Crippen LogP contribution < -0.4 is 4.90 Å². The first-order valence-corrected chi connectivity index (χ1v) is 6.75. The molecule has 3 rings (SSSR count). The summed E-state index contributed by atoms with van der Waals surface area (Å²) in [5, 5.41) is 4.35. The number of hydrogen-bond acceptors (Lipinski definition) is 3. The number of benzene rings is 1. The monoisotopic (exact) mass is 272 g/mol. The molecular weight excluding hydrogens is 255 g/mol. The average molecular weight is 272 g/mol. The summed E-state index contributed by atoms with van der Waals surface area (Å²) in [5.74, 6) is 1.38. The molecule has 2 heterocycles. The molecule has 20 heavy (non-hydrogen) atoms. The van der Waals surface area contributed by atoms with Crippen LogP contribution in [0.4, 0.5) is 10.3 Å². The van der Waals surface area contributed by atoms with Crippen LogP contribution in [-0.4, -0.2) is 34.0 Å². The molecule has 1 unspecified atom stereocenters. The van der Waals surface area contributed by atoms with Crippen LogP contribution in [0.15, 0.2) is 30.3 Å². The van der Waals surface area contributed by atoms with Crippen LogP contribution in [0.2, 0.25) is 0 Å². The molecule has 0 bridgehead atoms. The van der Waals surface area contributed by atoms with Crippen LogP contribution in [0.25, 0.3) is 12.2 Å². The van der Waals surface area contributed by atoms with E-state index in [2.05, 4.69) is 10.1 Å². The maximum Gasteiger partial charge on any atom is 0.224 e. The fourth-order valence-corrected chi connectivity index (χ4v) is 2.38. The van der Waals surface area contributed by atoms with Crippen LogP contribution in [0.3, 0.4) is 0 Å². The summed E-state index contributed by atoms with van der Waals surface area (Å²) in [6, 6.07) is 10.0. The number of aryl methyl sites for hydroxylation is 1. The molecule has 0 N–H and O–H groups in total. The van der Waals surface area contributed by atoms with Crippen LogP contribution >= 0.6 is 0 Å². The van der Waals surface area contributed by atoms with Crippen molar-refractivity contribution in [2.24, 2.45) is 7.05 Å². The summed E-state index contributed by atoms with van der Waals surface area (Å²) in [6.45, 7) is 1.11. The lowest BCUT2D eigenvalue weighted by molar-refractivity contribution is 0.364. The Bertz CT molecular complexity index is 606. The number of halogens is 1. The zero-order valence-corrected chi connectivity index (χ0v) is 11.4. The summed E-state index contributed by atoms with van der Waals surface area (Å²) in [4.78, 5) is 6.41. The molecule has 1 aliphatic heterocycles. The number of hydrogen-bond donors (Lipinski definition) is 0. The van der Waals surface area contributed by atoms with E-state index in [-0.39, 0.29) is 0 Å². The Morgan fingerprint density at radius 3 is 2.75 bits per heavy atom. The molecule has 1 saturated heterocycles. The first kappa shape index (κ1) is 12.8. The summed E-state index contributed by atoms with van der Waals surface area (Å²) in [6.07, 6.45) is 3.67. The molecule has 4 nitrogen and oxygen atoms in total. The van der Waals surface area contributed by atoms with Gasteiger partial charge in [0.05, 0.1) is 6.54 Å². The third kappa shape index (κ3) is 2.71. The predicted octanol–water partition coefficient (Wildman–Crippen LogP) is 2.53. The number of alkyl halides is 1. The molecule has 0 saturated carbocycles. The second-order valence-electron chi connectivity index (χ2n) is 4.97. The summed E-state index contributed by atoms with van der Waals surface area (Å²) in [7, 11) is 1.84. The SMILES string of the molecule is Cn1nc(C=Cc2ccccc2)nc1N1CCC(F)C1. The van der Waals surface area contributed by atoms with Gasteiger partial charge < -0.3 is 4.90 Å². The van der Waals surface area contributed by atoms with Gasteiger partial charge in [-0.3, -0.25) is 0 Å². The maximum atomic E-state index is 13.3. The van der Waals surface area contributed by atoms with Gasteiger partial charge in [0.25, 0.3) is 0 Å². The lowest BCUT2D eigenvalue weighted by Gasteiger charge is -2.14. The highest BCUT2D eigenvalue weighted by Crippen LogP contribution is 2.20. The molecule has 1 fully saturated rings. The first-order chi connectivity index (χ1) is 9.72. The fraction of sp³-hybridized carbons (Fsp3) is 0.333. The van der Waals surface area contributed by atoms with Crippen LogP contribution in [-0.2, 0) is 7.05 Å². The van der Waals surface area contributed by atoms with E-state index in [0.29, 0.717) is 25.3 Å². The largest absolute Gasteiger partial charge is 0.338 e. The molecule has 0 aliphatic carbocycles. The van der Waals surface area contributed by atoms with E-state index in [0.717, 1.165) is 11.5 Å². The molecule has 0 radical (unpaired) electrons. The topological polar surface area (TPSA) is 34.0 Å². The van der Waals surface area contributed by atoms with Crippen molar-refractivity contribution in [2.75, 3.05) is 18.0 Å². The molecule has 1 atom stereocenters. The molecule has 0 spiro atoms. The van der Waals surface area contributed by atoms with Gasteiger partial charge in [0, 0.05) is 13.6 Å². The molecule has 104 valence electrons. The van der Waals surface area contributed by atoms with E-state index < -0.39 is 6.17 Å². The highest BCUT2D eigenvalue weighted by atomic mass is 19.1. The van der Waals surface area contributed by atoms with Crippen LogP contribution in [0, 0.1) is 0 Å². The smallest absolute Gasteiger partial charge is 0.224 e. The maximum absolute atomic E-state index is 13.3. The van der Waals surface area contributed by atoms with Crippen molar-refractivity contribution in [1.82, 2.24) is 14.8 Å².